The van der Waals surface area contributed by atoms with Crippen LogP contribution in [0.3, 0.4) is 0 Å². The van der Waals surface area contributed by atoms with Gasteiger partial charge in [0.25, 0.3) is 0 Å². The molecule has 0 saturated carbocycles. The smallest absolute Gasteiger partial charge is 0.226 e. The lowest BCUT2D eigenvalue weighted by Crippen LogP contribution is -1.89. The van der Waals surface area contributed by atoms with Crippen molar-refractivity contribution >= 4 is 23.9 Å². The Labute approximate surface area is 170 Å². The van der Waals surface area contributed by atoms with Crippen molar-refractivity contribution in [1.29, 1.82) is 0 Å². The Balaban J connectivity index is 1.23. The SMILES string of the molecule is Fc1ccc(C=Cc2nc(SCCCc3nc(-c4cccnc4)no3)n[nH]2)cc1. The predicted octanol–water partition coefficient (Wildman–Crippen LogP) is 4.28. The molecule has 0 bridgehead atoms. The lowest BCUT2D eigenvalue weighted by Gasteiger charge is -1.94. The Bertz CT molecular complexity index is 1080. The molecule has 0 unspecified atom stereocenters. The number of nitrogens with one attached hydrogen (secondary N) is 1. The molecule has 4 rings (SSSR count). The van der Waals surface area contributed by atoms with Crippen LogP contribution in [0.25, 0.3) is 23.5 Å². The van der Waals surface area contributed by atoms with Crippen molar-refractivity contribution in [2.75, 3.05) is 5.75 Å². The summed E-state index contributed by atoms with van der Waals surface area (Å²) in [5.74, 6) is 2.36. The lowest BCUT2D eigenvalue weighted by molar-refractivity contribution is 0.378. The lowest BCUT2D eigenvalue weighted by atomic mass is 10.2. The summed E-state index contributed by atoms with van der Waals surface area (Å²) >= 11 is 1.55. The highest BCUT2D eigenvalue weighted by atomic mass is 32.2. The molecule has 29 heavy (non-hydrogen) atoms. The fourth-order valence-electron chi connectivity index (χ4n) is 2.50. The summed E-state index contributed by atoms with van der Waals surface area (Å²) in [6.07, 6.45) is 8.60. The number of hydrogen-bond acceptors (Lipinski definition) is 7. The van der Waals surface area contributed by atoms with Crippen molar-refractivity contribution < 1.29 is 8.91 Å². The van der Waals surface area contributed by atoms with Crippen LogP contribution in [0.2, 0.25) is 0 Å². The summed E-state index contributed by atoms with van der Waals surface area (Å²) < 4.78 is 18.2. The maximum atomic E-state index is 12.9. The molecular formula is C20H17FN6OS. The van der Waals surface area contributed by atoms with Crippen molar-refractivity contribution in [3.63, 3.8) is 0 Å². The highest BCUT2D eigenvalue weighted by Crippen LogP contribution is 2.18. The standard InChI is InChI=1S/C20H17FN6OS/c21-16-8-5-14(6-9-16)7-10-17-23-20(26-25-17)29-12-2-4-18-24-19(27-28-18)15-3-1-11-22-13-15/h1,3,5-11,13H,2,4,12H2,(H,23,25,26). The molecule has 0 spiro atoms. The first-order valence-electron chi connectivity index (χ1n) is 8.98. The second kappa shape index (κ2) is 9.24. The zero-order chi connectivity index (χ0) is 19.9. The number of benzene rings is 1. The van der Waals surface area contributed by atoms with Crippen LogP contribution >= 0.6 is 11.8 Å². The molecule has 4 aromatic rings. The van der Waals surface area contributed by atoms with Crippen molar-refractivity contribution in [3.05, 3.63) is 71.9 Å². The van der Waals surface area contributed by atoms with Crippen LogP contribution in [0.4, 0.5) is 4.39 Å². The van der Waals surface area contributed by atoms with Crippen LogP contribution < -0.4 is 0 Å². The summed E-state index contributed by atoms with van der Waals surface area (Å²) in [5, 5.41) is 11.7. The highest BCUT2D eigenvalue weighted by Gasteiger charge is 2.09. The van der Waals surface area contributed by atoms with Gasteiger partial charge < -0.3 is 4.52 Å². The third-order valence-electron chi connectivity index (χ3n) is 3.94. The Kier molecular flexibility index (Phi) is 6.06. The van der Waals surface area contributed by atoms with Crippen LogP contribution in [0.1, 0.15) is 23.7 Å². The highest BCUT2D eigenvalue weighted by molar-refractivity contribution is 7.99. The average Bonchev–Trinajstić information content (AvgIpc) is 3.41. The van der Waals surface area contributed by atoms with Crippen molar-refractivity contribution in [2.45, 2.75) is 18.0 Å². The van der Waals surface area contributed by atoms with E-state index in [1.54, 1.807) is 36.3 Å². The van der Waals surface area contributed by atoms with Gasteiger partial charge in [0.1, 0.15) is 11.6 Å². The van der Waals surface area contributed by atoms with Gasteiger partial charge >= 0.3 is 0 Å². The minimum absolute atomic E-state index is 0.255. The monoisotopic (exact) mass is 408 g/mol. The number of hydrogen-bond donors (Lipinski definition) is 1. The van der Waals surface area contributed by atoms with Gasteiger partial charge in [0.2, 0.25) is 16.9 Å². The molecule has 0 aliphatic rings. The summed E-state index contributed by atoms with van der Waals surface area (Å²) in [7, 11) is 0. The van der Waals surface area contributed by atoms with Gasteiger partial charge in [-0.3, -0.25) is 10.1 Å². The Morgan fingerprint density at radius 3 is 2.83 bits per heavy atom. The normalized spacial score (nSPS) is 11.3. The van der Waals surface area contributed by atoms with Gasteiger partial charge in [-0.1, -0.05) is 35.1 Å². The third kappa shape index (κ3) is 5.35. The predicted molar refractivity (Wildman–Crippen MR) is 108 cm³/mol. The number of thioether (sulfide) groups is 1. The Morgan fingerprint density at radius 2 is 2.00 bits per heavy atom. The number of halogens is 1. The van der Waals surface area contributed by atoms with E-state index in [9.17, 15) is 4.39 Å². The molecule has 1 aromatic carbocycles. The van der Waals surface area contributed by atoms with Crippen molar-refractivity contribution in [3.8, 4) is 11.4 Å². The van der Waals surface area contributed by atoms with E-state index in [4.69, 9.17) is 4.52 Å². The quantitative estimate of drug-likeness (QED) is 0.343. The molecule has 0 aliphatic carbocycles. The second-order valence-electron chi connectivity index (χ2n) is 6.09. The van der Waals surface area contributed by atoms with Gasteiger partial charge in [-0.05, 0) is 42.3 Å². The topological polar surface area (TPSA) is 93.4 Å². The number of H-pyrrole nitrogens is 1. The number of aromatic nitrogens is 6. The van der Waals surface area contributed by atoms with Crippen LogP contribution in [0.15, 0.2) is 58.5 Å². The molecule has 3 aromatic heterocycles. The largest absolute Gasteiger partial charge is 0.339 e. The molecule has 0 aliphatic heterocycles. The zero-order valence-electron chi connectivity index (χ0n) is 15.3. The molecule has 0 saturated heterocycles. The molecule has 0 radical (unpaired) electrons. The fourth-order valence-corrected chi connectivity index (χ4v) is 3.25. The van der Waals surface area contributed by atoms with E-state index in [1.165, 1.54) is 12.1 Å². The number of aryl methyl sites for hydroxylation is 1. The molecule has 3 heterocycles. The van der Waals surface area contributed by atoms with Crippen LogP contribution in [-0.4, -0.2) is 36.1 Å². The van der Waals surface area contributed by atoms with Gasteiger partial charge in [-0.25, -0.2) is 9.37 Å². The Morgan fingerprint density at radius 1 is 1.10 bits per heavy atom. The number of pyridine rings is 1. The number of rotatable bonds is 8. The van der Waals surface area contributed by atoms with Crippen LogP contribution in [0.5, 0.6) is 0 Å². The molecule has 146 valence electrons. The molecule has 1 N–H and O–H groups in total. The van der Waals surface area contributed by atoms with Gasteiger partial charge in [0.15, 0.2) is 0 Å². The third-order valence-corrected chi connectivity index (χ3v) is 4.87. The van der Waals surface area contributed by atoms with Gasteiger partial charge in [0, 0.05) is 30.1 Å². The summed E-state index contributed by atoms with van der Waals surface area (Å²) in [4.78, 5) is 12.9. The van der Waals surface area contributed by atoms with E-state index in [0.29, 0.717) is 29.1 Å². The molecule has 7 nitrogen and oxygen atoms in total. The zero-order valence-corrected chi connectivity index (χ0v) is 16.1. The van der Waals surface area contributed by atoms with E-state index in [1.807, 2.05) is 24.3 Å². The molecule has 0 amide bonds. The second-order valence-corrected chi connectivity index (χ2v) is 7.16. The Hall–Kier alpha value is -3.33. The minimum atomic E-state index is -0.255. The molecular weight excluding hydrogens is 391 g/mol. The first-order chi connectivity index (χ1) is 14.3. The maximum absolute atomic E-state index is 12.9. The van der Waals surface area contributed by atoms with E-state index >= 15 is 0 Å². The van der Waals surface area contributed by atoms with Gasteiger partial charge in [0.05, 0.1) is 0 Å². The van der Waals surface area contributed by atoms with E-state index in [2.05, 4.69) is 30.3 Å². The first kappa shape index (κ1) is 19.0. The fraction of sp³-hybridized carbons (Fsp3) is 0.150. The summed E-state index contributed by atoms with van der Waals surface area (Å²) in [6.45, 7) is 0. The van der Waals surface area contributed by atoms with Crippen molar-refractivity contribution in [2.24, 2.45) is 0 Å². The van der Waals surface area contributed by atoms with Crippen LogP contribution in [-0.2, 0) is 6.42 Å². The van der Waals surface area contributed by atoms with E-state index in [-0.39, 0.29) is 5.82 Å². The van der Waals surface area contributed by atoms with E-state index in [0.717, 1.165) is 23.3 Å². The van der Waals surface area contributed by atoms with E-state index < -0.39 is 0 Å². The minimum Gasteiger partial charge on any atom is -0.339 e. The molecule has 0 fully saturated rings. The van der Waals surface area contributed by atoms with Crippen LogP contribution in [0, 0.1) is 5.82 Å². The molecule has 0 atom stereocenters. The summed E-state index contributed by atoms with van der Waals surface area (Å²) in [5.41, 5.74) is 1.72. The molecule has 9 heteroatoms. The van der Waals surface area contributed by atoms with Gasteiger partial charge in [-0.2, -0.15) is 4.98 Å². The van der Waals surface area contributed by atoms with Crippen molar-refractivity contribution in [1.82, 2.24) is 30.3 Å². The summed E-state index contributed by atoms with van der Waals surface area (Å²) in [6, 6.07) is 9.98. The average molecular weight is 408 g/mol. The maximum Gasteiger partial charge on any atom is 0.226 e. The van der Waals surface area contributed by atoms with Gasteiger partial charge in [-0.15, -0.1) is 5.10 Å². The first-order valence-corrected chi connectivity index (χ1v) is 9.97. The number of nitrogens with zero attached hydrogens (tertiary/aromatic N) is 5. The number of aromatic amines is 1.